The number of likely N-dealkylation sites (N-methyl/N-ethyl adjacent to an activating group) is 1. The van der Waals surface area contributed by atoms with Gasteiger partial charge in [-0.2, -0.15) is 10.2 Å². The maximum atomic E-state index is 11.9. The molecule has 1 fully saturated rings. The van der Waals surface area contributed by atoms with Crippen LogP contribution in [0.4, 0.5) is 17.2 Å². The highest BCUT2D eigenvalue weighted by Gasteiger charge is 2.30. The maximum absolute atomic E-state index is 11.9. The highest BCUT2D eigenvalue weighted by molar-refractivity contribution is 5.84. The average molecular weight is 478 g/mol. The highest BCUT2D eigenvalue weighted by atomic mass is 16.5. The van der Waals surface area contributed by atoms with E-state index in [1.165, 1.54) is 12.1 Å². The van der Waals surface area contributed by atoms with E-state index in [1.807, 2.05) is 29.0 Å². The Kier molecular flexibility index (Phi) is 6.51. The van der Waals surface area contributed by atoms with Gasteiger partial charge in [-0.3, -0.25) is 14.6 Å². The SMILES string of the molecule is CC(=O)N1CCc2[nH]nc(N3CCN(C)c4cc(-c5cnn(C)c5)ccc43)c2C1.C[C@H]1CCOC1. The van der Waals surface area contributed by atoms with Crippen molar-refractivity contribution in [3.8, 4) is 11.1 Å². The van der Waals surface area contributed by atoms with Gasteiger partial charge in [-0.15, -0.1) is 0 Å². The van der Waals surface area contributed by atoms with Gasteiger partial charge in [-0.1, -0.05) is 13.0 Å². The Balaban J connectivity index is 0.000000371. The van der Waals surface area contributed by atoms with Crippen LogP contribution in [-0.2, 0) is 29.5 Å². The molecular weight excluding hydrogens is 442 g/mol. The van der Waals surface area contributed by atoms with Crippen LogP contribution in [0, 0.1) is 5.92 Å². The zero-order valence-corrected chi connectivity index (χ0v) is 21.1. The number of aromatic amines is 1. The van der Waals surface area contributed by atoms with Gasteiger partial charge in [0, 0.05) is 83.3 Å². The Morgan fingerprint density at radius 1 is 1.14 bits per heavy atom. The van der Waals surface area contributed by atoms with Crippen molar-refractivity contribution in [1.82, 2.24) is 24.9 Å². The number of hydrogen-bond donors (Lipinski definition) is 1. The maximum Gasteiger partial charge on any atom is 0.219 e. The summed E-state index contributed by atoms with van der Waals surface area (Å²) in [6.07, 6.45) is 6.01. The predicted octanol–water partition coefficient (Wildman–Crippen LogP) is 3.35. The first-order valence-electron chi connectivity index (χ1n) is 12.4. The van der Waals surface area contributed by atoms with Crippen LogP contribution in [0.3, 0.4) is 0 Å². The van der Waals surface area contributed by atoms with Gasteiger partial charge in [0.25, 0.3) is 0 Å². The van der Waals surface area contributed by atoms with Crippen LogP contribution in [0.5, 0.6) is 0 Å². The molecule has 0 radical (unpaired) electrons. The predicted molar refractivity (Wildman–Crippen MR) is 137 cm³/mol. The molecular formula is C26H35N7O2. The van der Waals surface area contributed by atoms with Crippen molar-refractivity contribution in [3.05, 3.63) is 41.9 Å². The van der Waals surface area contributed by atoms with E-state index in [0.29, 0.717) is 6.54 Å². The quantitative estimate of drug-likeness (QED) is 0.610. The van der Waals surface area contributed by atoms with Crippen LogP contribution in [0.1, 0.15) is 31.5 Å². The number of carbonyl (C=O) groups excluding carboxylic acids is 1. The minimum Gasteiger partial charge on any atom is -0.381 e. The number of carbonyl (C=O) groups is 1. The second-order valence-corrected chi connectivity index (χ2v) is 9.84. The number of aryl methyl sites for hydroxylation is 1. The summed E-state index contributed by atoms with van der Waals surface area (Å²) in [5, 5.41) is 12.2. The van der Waals surface area contributed by atoms with Gasteiger partial charge in [0.1, 0.15) is 0 Å². The van der Waals surface area contributed by atoms with Gasteiger partial charge in [0.05, 0.1) is 24.1 Å². The van der Waals surface area contributed by atoms with Gasteiger partial charge in [0.2, 0.25) is 5.91 Å². The molecule has 1 saturated heterocycles. The lowest BCUT2D eigenvalue weighted by Gasteiger charge is -2.37. The molecule has 0 unspecified atom stereocenters. The molecule has 35 heavy (non-hydrogen) atoms. The van der Waals surface area contributed by atoms with E-state index in [4.69, 9.17) is 4.74 Å². The summed E-state index contributed by atoms with van der Waals surface area (Å²) in [4.78, 5) is 18.4. The Hall–Kier alpha value is -3.33. The Morgan fingerprint density at radius 2 is 2.00 bits per heavy atom. The standard InChI is InChI=1S/C21H25N7O.C5H10O/c1-14(29)27-7-6-18-17(13-27)21(24-23-18)28-9-8-25(2)20-10-15(4-5-19(20)28)16-11-22-26(3)12-16;1-5-2-3-6-4-5/h4-5,10-12H,6-9,13H2,1-3H3,(H,23,24);5H,2-4H2,1H3/t;5-/m.0/s1. The highest BCUT2D eigenvalue weighted by Crippen LogP contribution is 2.41. The van der Waals surface area contributed by atoms with Crippen molar-refractivity contribution in [3.63, 3.8) is 0 Å². The molecule has 5 heterocycles. The van der Waals surface area contributed by atoms with Crippen molar-refractivity contribution in [2.24, 2.45) is 13.0 Å². The van der Waals surface area contributed by atoms with Crippen LogP contribution in [0.25, 0.3) is 11.1 Å². The Bertz CT molecular complexity index is 1190. The summed E-state index contributed by atoms with van der Waals surface area (Å²) < 4.78 is 6.88. The van der Waals surface area contributed by atoms with Crippen molar-refractivity contribution >= 4 is 23.1 Å². The number of ether oxygens (including phenoxy) is 1. The van der Waals surface area contributed by atoms with E-state index in [9.17, 15) is 4.79 Å². The first-order chi connectivity index (χ1) is 16.9. The van der Waals surface area contributed by atoms with E-state index in [1.54, 1.807) is 6.92 Å². The molecule has 3 aliphatic heterocycles. The molecule has 6 rings (SSSR count). The zero-order valence-electron chi connectivity index (χ0n) is 21.1. The third-order valence-corrected chi connectivity index (χ3v) is 7.14. The van der Waals surface area contributed by atoms with E-state index in [2.05, 4.69) is 57.3 Å². The lowest BCUT2D eigenvalue weighted by molar-refractivity contribution is -0.129. The first-order valence-corrected chi connectivity index (χ1v) is 12.4. The number of rotatable bonds is 2. The molecule has 0 aliphatic carbocycles. The Labute approximate surface area is 206 Å². The third kappa shape index (κ3) is 4.77. The molecule has 0 bridgehead atoms. The monoisotopic (exact) mass is 477 g/mol. The van der Waals surface area contributed by atoms with Gasteiger partial charge >= 0.3 is 0 Å². The summed E-state index contributed by atoms with van der Waals surface area (Å²) in [5.74, 6) is 1.88. The smallest absolute Gasteiger partial charge is 0.219 e. The molecule has 9 heteroatoms. The van der Waals surface area contributed by atoms with Gasteiger partial charge in [-0.25, -0.2) is 0 Å². The number of fused-ring (bicyclic) bond motifs is 2. The molecule has 3 aliphatic rings. The number of benzene rings is 1. The second kappa shape index (κ2) is 9.73. The van der Waals surface area contributed by atoms with Crippen molar-refractivity contribution < 1.29 is 9.53 Å². The largest absolute Gasteiger partial charge is 0.381 e. The normalized spacial score (nSPS) is 19.2. The number of amides is 1. The van der Waals surface area contributed by atoms with Crippen molar-refractivity contribution in [2.75, 3.05) is 49.7 Å². The average Bonchev–Trinajstić information content (AvgIpc) is 3.61. The topological polar surface area (TPSA) is 82.5 Å². The molecule has 9 nitrogen and oxygen atoms in total. The first kappa shape index (κ1) is 23.4. The third-order valence-electron chi connectivity index (χ3n) is 7.14. The molecule has 1 amide bonds. The van der Waals surface area contributed by atoms with E-state index in [0.717, 1.165) is 79.1 Å². The van der Waals surface area contributed by atoms with Gasteiger partial charge in [0.15, 0.2) is 5.82 Å². The van der Waals surface area contributed by atoms with Crippen LogP contribution in [-0.4, -0.2) is 70.7 Å². The van der Waals surface area contributed by atoms with Gasteiger partial charge in [-0.05, 0) is 30.0 Å². The molecule has 3 aromatic rings. The number of hydrogen-bond acceptors (Lipinski definition) is 6. The summed E-state index contributed by atoms with van der Waals surface area (Å²) in [6.45, 7) is 8.95. The van der Waals surface area contributed by atoms with Gasteiger partial charge < -0.3 is 19.4 Å². The van der Waals surface area contributed by atoms with Crippen LogP contribution >= 0.6 is 0 Å². The minimum atomic E-state index is 0.114. The lowest BCUT2D eigenvalue weighted by atomic mass is 10.0. The van der Waals surface area contributed by atoms with Crippen LogP contribution < -0.4 is 9.80 Å². The van der Waals surface area contributed by atoms with E-state index >= 15 is 0 Å². The fourth-order valence-corrected chi connectivity index (χ4v) is 4.94. The number of aromatic nitrogens is 4. The fourth-order valence-electron chi connectivity index (χ4n) is 4.94. The van der Waals surface area contributed by atoms with E-state index < -0.39 is 0 Å². The summed E-state index contributed by atoms with van der Waals surface area (Å²) in [5.41, 5.74) is 6.85. The summed E-state index contributed by atoms with van der Waals surface area (Å²) in [6, 6.07) is 6.53. The molecule has 1 N–H and O–H groups in total. The second-order valence-electron chi connectivity index (χ2n) is 9.84. The summed E-state index contributed by atoms with van der Waals surface area (Å²) in [7, 11) is 4.06. The van der Waals surface area contributed by atoms with Crippen LogP contribution in [0.15, 0.2) is 30.6 Å². The van der Waals surface area contributed by atoms with E-state index in [-0.39, 0.29) is 5.91 Å². The van der Waals surface area contributed by atoms with Crippen molar-refractivity contribution in [2.45, 2.75) is 33.2 Å². The minimum absolute atomic E-state index is 0.114. The zero-order chi connectivity index (χ0) is 24.5. The van der Waals surface area contributed by atoms with Crippen LogP contribution in [0.2, 0.25) is 0 Å². The van der Waals surface area contributed by atoms with Crippen molar-refractivity contribution in [1.29, 1.82) is 0 Å². The molecule has 0 spiro atoms. The molecule has 1 atom stereocenters. The molecule has 0 saturated carbocycles. The Morgan fingerprint density at radius 3 is 2.66 bits per heavy atom. The number of H-pyrrole nitrogens is 1. The molecule has 1 aromatic carbocycles. The molecule has 2 aromatic heterocycles. The summed E-state index contributed by atoms with van der Waals surface area (Å²) >= 11 is 0. The molecule has 186 valence electrons. The fraction of sp³-hybridized carbons (Fsp3) is 0.500. The lowest BCUT2D eigenvalue weighted by Crippen LogP contribution is -2.38. The number of anilines is 3. The number of nitrogens with one attached hydrogen (secondary N) is 1. The number of nitrogens with zero attached hydrogens (tertiary/aromatic N) is 6.